The van der Waals surface area contributed by atoms with Gasteiger partial charge in [-0.3, -0.25) is 4.90 Å². The van der Waals surface area contributed by atoms with E-state index in [1.54, 1.807) is 18.0 Å². The average Bonchev–Trinajstić information content (AvgIpc) is 2.44. The monoisotopic (exact) mass is 277 g/mol. The summed E-state index contributed by atoms with van der Waals surface area (Å²) in [5.41, 5.74) is 5.34. The van der Waals surface area contributed by atoms with Crippen LogP contribution in [0.3, 0.4) is 0 Å². The van der Waals surface area contributed by atoms with Crippen LogP contribution in [0.1, 0.15) is 32.0 Å². The molecule has 1 N–H and O–H groups in total. The highest BCUT2D eigenvalue weighted by atomic mass is 16.6. The summed E-state index contributed by atoms with van der Waals surface area (Å²) in [5.74, 6) is 0. The third-order valence-electron chi connectivity index (χ3n) is 2.76. The maximum Gasteiger partial charge on any atom is 0.410 e. The van der Waals surface area contributed by atoms with E-state index in [4.69, 9.17) is 4.74 Å². The van der Waals surface area contributed by atoms with Crippen LogP contribution in [0.25, 0.3) is 0 Å². The van der Waals surface area contributed by atoms with Crippen molar-refractivity contribution in [2.75, 3.05) is 13.2 Å². The van der Waals surface area contributed by atoms with Gasteiger partial charge in [0, 0.05) is 17.8 Å². The largest absolute Gasteiger partial charge is 0.450 e. The number of aromatic nitrogens is 2. The van der Waals surface area contributed by atoms with Gasteiger partial charge in [0.25, 0.3) is 0 Å². The summed E-state index contributed by atoms with van der Waals surface area (Å²) >= 11 is 0. The van der Waals surface area contributed by atoms with Crippen LogP contribution < -0.4 is 5.43 Å². The first-order valence-corrected chi connectivity index (χ1v) is 6.66. The third kappa shape index (κ3) is 3.23. The van der Waals surface area contributed by atoms with Crippen molar-refractivity contribution in [1.29, 1.82) is 0 Å². The number of nitrogens with one attached hydrogen (secondary N) is 1. The van der Waals surface area contributed by atoms with E-state index in [0.29, 0.717) is 25.4 Å². The van der Waals surface area contributed by atoms with Crippen molar-refractivity contribution in [3.63, 3.8) is 0 Å². The first kappa shape index (κ1) is 14.2. The van der Waals surface area contributed by atoms with Gasteiger partial charge in [0.05, 0.1) is 19.7 Å². The van der Waals surface area contributed by atoms with Crippen LogP contribution in [0, 0.1) is 0 Å². The molecule has 0 radical (unpaired) electrons. The normalized spacial score (nSPS) is 16.2. The number of rotatable bonds is 3. The maximum absolute atomic E-state index is 11.9. The number of hydrogen-bond acceptors (Lipinski definition) is 6. The molecule has 1 amide bonds. The lowest BCUT2D eigenvalue weighted by Crippen LogP contribution is -2.41. The highest BCUT2D eigenvalue weighted by Crippen LogP contribution is 2.17. The van der Waals surface area contributed by atoms with Gasteiger partial charge in [-0.1, -0.05) is 0 Å². The van der Waals surface area contributed by atoms with Gasteiger partial charge in [-0.2, -0.15) is 10.2 Å². The highest BCUT2D eigenvalue weighted by molar-refractivity contribution is 6.03. The molecular weight excluding hydrogens is 258 g/mol. The Kier molecular flexibility index (Phi) is 4.49. The average molecular weight is 277 g/mol. The molecule has 1 aromatic heterocycles. The molecule has 2 heterocycles. The fourth-order valence-corrected chi connectivity index (χ4v) is 1.88. The van der Waals surface area contributed by atoms with Crippen molar-refractivity contribution in [2.45, 2.75) is 33.4 Å². The Balaban J connectivity index is 2.26. The molecule has 20 heavy (non-hydrogen) atoms. The minimum Gasteiger partial charge on any atom is -0.450 e. The molecule has 1 aliphatic heterocycles. The fraction of sp³-hybridized carbons (Fsp3) is 0.538. The van der Waals surface area contributed by atoms with Crippen LogP contribution in [-0.2, 0) is 11.3 Å². The molecule has 0 bridgehead atoms. The molecule has 2 rings (SSSR count). The van der Waals surface area contributed by atoms with Crippen molar-refractivity contribution < 1.29 is 9.53 Å². The van der Waals surface area contributed by atoms with Crippen LogP contribution in [0.2, 0.25) is 0 Å². The molecule has 0 saturated heterocycles. The van der Waals surface area contributed by atoms with E-state index in [1.807, 2.05) is 19.9 Å². The van der Waals surface area contributed by atoms with E-state index < -0.39 is 0 Å². The van der Waals surface area contributed by atoms with E-state index in [1.165, 1.54) is 0 Å². The van der Waals surface area contributed by atoms with Gasteiger partial charge in [0.1, 0.15) is 11.4 Å². The van der Waals surface area contributed by atoms with Crippen molar-refractivity contribution in [3.8, 4) is 0 Å². The molecule has 0 fully saturated rings. The lowest BCUT2D eigenvalue weighted by Gasteiger charge is -2.28. The van der Waals surface area contributed by atoms with E-state index in [0.717, 1.165) is 11.3 Å². The van der Waals surface area contributed by atoms with Gasteiger partial charge in [0.2, 0.25) is 0 Å². The second-order valence-electron chi connectivity index (χ2n) is 4.80. The Morgan fingerprint density at radius 1 is 1.55 bits per heavy atom. The summed E-state index contributed by atoms with van der Waals surface area (Å²) in [6.45, 7) is 6.96. The van der Waals surface area contributed by atoms with Crippen LogP contribution >= 0.6 is 0 Å². The SMILES string of the molecule is CCOC(=O)N1CC(=NNC(C)C)c2nnccc2C1. The zero-order valence-corrected chi connectivity index (χ0v) is 12.0. The number of hydrazone groups is 1. The topological polar surface area (TPSA) is 79.7 Å². The number of ether oxygens (including phenoxy) is 1. The number of amides is 1. The minimum atomic E-state index is -0.341. The molecular formula is C13H19N5O2. The van der Waals surface area contributed by atoms with E-state index in [2.05, 4.69) is 20.7 Å². The summed E-state index contributed by atoms with van der Waals surface area (Å²) in [6.07, 6.45) is 1.27. The Labute approximate surface area is 118 Å². The quantitative estimate of drug-likeness (QED) is 0.838. The summed E-state index contributed by atoms with van der Waals surface area (Å²) in [4.78, 5) is 13.5. The molecule has 1 aliphatic rings. The number of nitrogens with zero attached hydrogens (tertiary/aromatic N) is 4. The van der Waals surface area contributed by atoms with Crippen molar-refractivity contribution >= 4 is 11.8 Å². The first-order chi connectivity index (χ1) is 9.61. The standard InChI is InChI=1S/C13H19N5O2/c1-4-20-13(19)18-7-10-5-6-14-17-12(10)11(8-18)16-15-9(2)3/h5-6,9,15H,4,7-8H2,1-3H3. The number of fused-ring (bicyclic) bond motifs is 1. The predicted octanol–water partition coefficient (Wildman–Crippen LogP) is 1.15. The summed E-state index contributed by atoms with van der Waals surface area (Å²) in [6, 6.07) is 2.05. The molecule has 1 aromatic rings. The van der Waals surface area contributed by atoms with Crippen LogP contribution in [0.15, 0.2) is 17.4 Å². The van der Waals surface area contributed by atoms with Gasteiger partial charge in [-0.05, 0) is 26.8 Å². The second-order valence-corrected chi connectivity index (χ2v) is 4.80. The lowest BCUT2D eigenvalue weighted by atomic mass is 10.1. The van der Waals surface area contributed by atoms with Gasteiger partial charge >= 0.3 is 6.09 Å². The van der Waals surface area contributed by atoms with E-state index in [-0.39, 0.29) is 12.1 Å². The summed E-state index contributed by atoms with van der Waals surface area (Å²) < 4.78 is 5.05. The van der Waals surface area contributed by atoms with Crippen molar-refractivity contribution in [1.82, 2.24) is 20.5 Å². The summed E-state index contributed by atoms with van der Waals surface area (Å²) in [5, 5.41) is 12.3. The lowest BCUT2D eigenvalue weighted by molar-refractivity contribution is 0.109. The maximum atomic E-state index is 11.9. The van der Waals surface area contributed by atoms with Gasteiger partial charge < -0.3 is 10.2 Å². The Morgan fingerprint density at radius 3 is 3.05 bits per heavy atom. The summed E-state index contributed by atoms with van der Waals surface area (Å²) in [7, 11) is 0. The van der Waals surface area contributed by atoms with Crippen molar-refractivity contribution in [2.24, 2.45) is 5.10 Å². The smallest absolute Gasteiger partial charge is 0.410 e. The Bertz CT molecular complexity index is 515. The Morgan fingerprint density at radius 2 is 2.35 bits per heavy atom. The second kappa shape index (κ2) is 6.31. The zero-order valence-electron chi connectivity index (χ0n) is 12.0. The predicted molar refractivity (Wildman–Crippen MR) is 74.3 cm³/mol. The van der Waals surface area contributed by atoms with E-state index >= 15 is 0 Å². The zero-order chi connectivity index (χ0) is 14.5. The molecule has 108 valence electrons. The first-order valence-electron chi connectivity index (χ1n) is 6.66. The number of carbonyl (C=O) groups is 1. The molecule has 7 heteroatoms. The number of carbonyl (C=O) groups excluding carboxylic acids is 1. The fourth-order valence-electron chi connectivity index (χ4n) is 1.88. The third-order valence-corrected chi connectivity index (χ3v) is 2.76. The molecule has 0 aromatic carbocycles. The van der Waals surface area contributed by atoms with Crippen LogP contribution in [0.4, 0.5) is 4.79 Å². The molecule has 7 nitrogen and oxygen atoms in total. The van der Waals surface area contributed by atoms with Crippen LogP contribution in [-0.4, -0.2) is 46.1 Å². The molecule has 0 atom stereocenters. The van der Waals surface area contributed by atoms with Gasteiger partial charge in [-0.25, -0.2) is 4.79 Å². The van der Waals surface area contributed by atoms with Crippen molar-refractivity contribution in [3.05, 3.63) is 23.5 Å². The molecule has 0 aliphatic carbocycles. The van der Waals surface area contributed by atoms with Gasteiger partial charge in [0.15, 0.2) is 0 Å². The minimum absolute atomic E-state index is 0.209. The molecule has 0 saturated carbocycles. The van der Waals surface area contributed by atoms with Gasteiger partial charge in [-0.15, -0.1) is 5.10 Å². The Hall–Kier alpha value is -2.18. The van der Waals surface area contributed by atoms with Crippen LogP contribution in [0.5, 0.6) is 0 Å². The van der Waals surface area contributed by atoms with E-state index in [9.17, 15) is 4.79 Å². The molecule has 0 unspecified atom stereocenters. The molecule has 0 spiro atoms. The highest BCUT2D eigenvalue weighted by Gasteiger charge is 2.27. The number of hydrogen-bond donors (Lipinski definition) is 1.